The molecule has 12 nitrogen and oxygen atoms in total. The van der Waals surface area contributed by atoms with E-state index in [1.54, 1.807) is 59.4 Å². The minimum absolute atomic E-state index is 0.0246. The second-order valence-corrected chi connectivity index (χ2v) is 14.1. The second-order valence-electron chi connectivity index (χ2n) is 13.7. The fourth-order valence-electron chi connectivity index (χ4n) is 6.00. The number of carbonyl (C=O) groups excluding carboxylic acids is 2. The molecule has 5 rings (SSSR count). The molecule has 0 saturated carbocycles. The van der Waals surface area contributed by atoms with E-state index in [4.69, 9.17) is 27.6 Å². The van der Waals surface area contributed by atoms with Gasteiger partial charge in [-0.05, 0) is 51.1 Å². The van der Waals surface area contributed by atoms with Crippen molar-refractivity contribution in [2.24, 2.45) is 17.8 Å². The lowest BCUT2D eigenvalue weighted by molar-refractivity contribution is -0.122. The Morgan fingerprint density at radius 3 is 2.41 bits per heavy atom. The molecule has 0 unspecified atom stereocenters. The minimum atomic E-state index is -2.84. The number of benzene rings is 1. The fraction of sp³-hybridized carbons (Fsp3) is 0.500. The van der Waals surface area contributed by atoms with Crippen molar-refractivity contribution in [2.45, 2.75) is 52.7 Å². The van der Waals surface area contributed by atoms with E-state index in [0.717, 1.165) is 0 Å². The molecule has 2 fully saturated rings. The Bertz CT molecular complexity index is 1850. The number of nitrogens with zero attached hydrogens (tertiary/aromatic N) is 5. The highest BCUT2D eigenvalue weighted by molar-refractivity contribution is 6.33. The Hall–Kier alpha value is -4.64. The van der Waals surface area contributed by atoms with Crippen molar-refractivity contribution in [3.05, 3.63) is 57.1 Å². The van der Waals surface area contributed by atoms with Gasteiger partial charge >= 0.3 is 6.09 Å². The molecule has 0 bridgehead atoms. The number of nitrogens with one attached hydrogen (secondary N) is 2. The van der Waals surface area contributed by atoms with Gasteiger partial charge in [0.2, 0.25) is 5.69 Å². The van der Waals surface area contributed by atoms with Crippen LogP contribution in [0.2, 0.25) is 5.02 Å². The summed E-state index contributed by atoms with van der Waals surface area (Å²) in [5.74, 6) is -4.70. The topological polar surface area (TPSA) is 122 Å². The molecule has 3 aromatic rings. The van der Waals surface area contributed by atoms with E-state index in [1.807, 2.05) is 0 Å². The van der Waals surface area contributed by atoms with Crippen molar-refractivity contribution in [1.29, 1.82) is 0 Å². The van der Waals surface area contributed by atoms with Crippen molar-refractivity contribution in [3.8, 4) is 5.75 Å². The zero-order valence-electron chi connectivity index (χ0n) is 28.3. The number of amides is 2. The first kappa shape index (κ1) is 35.7. The van der Waals surface area contributed by atoms with Crippen molar-refractivity contribution in [1.82, 2.24) is 19.8 Å². The number of rotatable bonds is 8. The van der Waals surface area contributed by atoms with Gasteiger partial charge in [0.1, 0.15) is 17.2 Å². The van der Waals surface area contributed by atoms with E-state index in [2.05, 4.69) is 20.5 Å². The highest BCUT2D eigenvalue weighted by atomic mass is 35.5. The Labute approximate surface area is 288 Å². The molecule has 2 aliphatic heterocycles. The molecule has 0 radical (unpaired) electrons. The lowest BCUT2D eigenvalue weighted by Crippen LogP contribution is -2.53. The number of likely N-dealkylation sites (N-methyl/N-ethyl adjacent to an activating group) is 1. The number of piperidine rings is 1. The lowest BCUT2D eigenvalue weighted by Gasteiger charge is -2.42. The van der Waals surface area contributed by atoms with Crippen molar-refractivity contribution < 1.29 is 27.8 Å². The summed E-state index contributed by atoms with van der Waals surface area (Å²) in [6.07, 6.45) is -0.415. The largest absolute Gasteiger partial charge is 0.478 e. The normalized spacial score (nSPS) is 19.2. The third-order valence-corrected chi connectivity index (χ3v) is 8.96. The van der Waals surface area contributed by atoms with Gasteiger partial charge in [0.05, 0.1) is 17.1 Å². The minimum Gasteiger partial charge on any atom is -0.478 e. The molecule has 1 aromatic carbocycles. The summed E-state index contributed by atoms with van der Waals surface area (Å²) in [6.45, 7) is 16.8. The van der Waals surface area contributed by atoms with E-state index in [-0.39, 0.29) is 53.7 Å². The predicted molar refractivity (Wildman–Crippen MR) is 183 cm³/mol. The number of hydrogen-bond donors (Lipinski definition) is 2. The molecular weight excluding hydrogens is 660 g/mol. The van der Waals surface area contributed by atoms with Crippen LogP contribution in [0, 0.1) is 24.3 Å². The molecule has 2 aliphatic rings. The number of pyridine rings is 2. The maximum absolute atomic E-state index is 14.6. The second kappa shape index (κ2) is 13.7. The first-order chi connectivity index (χ1) is 23.0. The quantitative estimate of drug-likeness (QED) is 0.272. The van der Waals surface area contributed by atoms with Crippen LogP contribution in [0.1, 0.15) is 34.6 Å². The van der Waals surface area contributed by atoms with Crippen LogP contribution < -0.4 is 25.8 Å². The van der Waals surface area contributed by atoms with Crippen LogP contribution in [-0.2, 0) is 16.1 Å². The van der Waals surface area contributed by atoms with Crippen LogP contribution in [0.15, 0.2) is 35.1 Å². The van der Waals surface area contributed by atoms with Crippen LogP contribution in [0.25, 0.3) is 15.7 Å². The van der Waals surface area contributed by atoms with Crippen LogP contribution in [0.3, 0.4) is 0 Å². The van der Waals surface area contributed by atoms with Crippen LogP contribution >= 0.6 is 11.6 Å². The van der Waals surface area contributed by atoms with Gasteiger partial charge in [0, 0.05) is 68.6 Å². The van der Waals surface area contributed by atoms with Gasteiger partial charge in [0.15, 0.2) is 12.4 Å². The average Bonchev–Trinajstić information content (AvgIpc) is 3.00. The van der Waals surface area contributed by atoms with E-state index in [9.17, 15) is 23.2 Å². The Kier molecular flexibility index (Phi) is 9.97. The number of likely N-dealkylation sites (tertiary alicyclic amines) is 1. The van der Waals surface area contributed by atoms with E-state index < -0.39 is 40.9 Å². The molecule has 2 saturated heterocycles. The zero-order valence-corrected chi connectivity index (χ0v) is 29.0. The van der Waals surface area contributed by atoms with Gasteiger partial charge in [-0.3, -0.25) is 9.59 Å². The van der Waals surface area contributed by atoms with E-state index in [0.29, 0.717) is 36.2 Å². The number of hydrogen-bond acceptors (Lipinski definition) is 8. The van der Waals surface area contributed by atoms with E-state index in [1.165, 1.54) is 27.0 Å². The Balaban J connectivity index is 1.45. The summed E-state index contributed by atoms with van der Waals surface area (Å²) < 4.78 is 41.8. The molecule has 2 N–H and O–H groups in total. The summed E-state index contributed by atoms with van der Waals surface area (Å²) in [7, 11) is 1.46. The SMILES string of the molecule is [C-]#[N+]c1cc(Cl)c(Nc2ccc3c(c2)cc(OCC(=O)NC)c(=O)n3CC2CN(C(=O)OC(C)(C)C)C2)nc1N1C[C@@H](C)C(F)(F)[C@@H](C)C1. The van der Waals surface area contributed by atoms with Crippen molar-refractivity contribution in [2.75, 3.05) is 50.1 Å². The van der Waals surface area contributed by atoms with Gasteiger partial charge in [-0.15, -0.1) is 0 Å². The molecule has 15 heteroatoms. The Morgan fingerprint density at radius 1 is 1.12 bits per heavy atom. The molecule has 2 aromatic heterocycles. The number of fused-ring (bicyclic) bond motifs is 1. The van der Waals surface area contributed by atoms with Gasteiger partial charge in [-0.2, -0.15) is 0 Å². The number of halogens is 3. The van der Waals surface area contributed by atoms with E-state index >= 15 is 0 Å². The third kappa shape index (κ3) is 7.67. The standard InChI is InChI=1S/C34H40ClF2N7O5/c1-19-13-42(14-20(2)34(19,36)37)30-25(38-6)12-24(35)29(41-30)40-23-8-9-26-22(10-23)11-27(48-18-28(45)39-7)31(46)44(26)17-21-15-43(16-21)32(47)49-33(3,4)5/h8-12,19-21H,13-18H2,1-5,7H3,(H,39,45)(H,40,41)/t19-,20+. The highest BCUT2D eigenvalue weighted by Gasteiger charge is 2.47. The average molecular weight is 700 g/mol. The summed E-state index contributed by atoms with van der Waals surface area (Å²) >= 11 is 6.55. The summed E-state index contributed by atoms with van der Waals surface area (Å²) in [4.78, 5) is 49.5. The van der Waals surface area contributed by atoms with Gasteiger partial charge < -0.3 is 34.5 Å². The number of ether oxygens (including phenoxy) is 2. The van der Waals surface area contributed by atoms with Crippen LogP contribution in [-0.4, -0.2) is 77.8 Å². The highest BCUT2D eigenvalue weighted by Crippen LogP contribution is 2.42. The molecule has 2 amide bonds. The van der Waals surface area contributed by atoms with Crippen molar-refractivity contribution in [3.63, 3.8) is 0 Å². The number of anilines is 3. The third-order valence-electron chi connectivity index (χ3n) is 8.67. The number of aromatic nitrogens is 2. The molecule has 0 spiro atoms. The summed E-state index contributed by atoms with van der Waals surface area (Å²) in [5.41, 5.74) is 0.242. The molecule has 2 atom stereocenters. The monoisotopic (exact) mass is 699 g/mol. The number of alkyl halides is 2. The first-order valence-electron chi connectivity index (χ1n) is 16.0. The number of carbonyl (C=O) groups is 2. The van der Waals surface area contributed by atoms with Gasteiger partial charge in [-0.1, -0.05) is 25.4 Å². The maximum Gasteiger partial charge on any atom is 0.410 e. The van der Waals surface area contributed by atoms with Crippen LogP contribution in [0.4, 0.5) is 36.6 Å². The Morgan fingerprint density at radius 2 is 1.80 bits per heavy atom. The zero-order chi connectivity index (χ0) is 35.8. The smallest absolute Gasteiger partial charge is 0.410 e. The molecule has 4 heterocycles. The van der Waals surface area contributed by atoms with Crippen molar-refractivity contribution >= 4 is 57.5 Å². The maximum atomic E-state index is 14.6. The van der Waals surface area contributed by atoms with Gasteiger partial charge in [-0.25, -0.2) is 23.4 Å². The molecule has 0 aliphatic carbocycles. The fourth-order valence-corrected chi connectivity index (χ4v) is 6.20. The molecule has 262 valence electrons. The first-order valence-corrected chi connectivity index (χ1v) is 16.3. The molecule has 49 heavy (non-hydrogen) atoms. The molecular formula is C34H40ClF2N7O5. The lowest BCUT2D eigenvalue weighted by atomic mass is 9.87. The van der Waals surface area contributed by atoms with Gasteiger partial charge in [0.25, 0.3) is 17.4 Å². The summed E-state index contributed by atoms with van der Waals surface area (Å²) in [6, 6.07) is 8.27. The summed E-state index contributed by atoms with van der Waals surface area (Å²) in [5, 5.41) is 6.41. The van der Waals surface area contributed by atoms with Crippen LogP contribution in [0.5, 0.6) is 5.75 Å². The predicted octanol–water partition coefficient (Wildman–Crippen LogP) is 6.06.